The van der Waals surface area contributed by atoms with Crippen LogP contribution in [-0.4, -0.2) is 37.2 Å². The molecule has 1 atom stereocenters. The van der Waals surface area contributed by atoms with Gasteiger partial charge in [0.15, 0.2) is 0 Å². The van der Waals surface area contributed by atoms with Gasteiger partial charge in [0.2, 0.25) is 5.72 Å². The number of nitrogens with one attached hydrogen (secondary N) is 2. The zero-order valence-electron chi connectivity index (χ0n) is 13.8. The Morgan fingerprint density at radius 3 is 2.38 bits per heavy atom. The molecule has 0 saturated carbocycles. The van der Waals surface area contributed by atoms with Gasteiger partial charge in [-0.3, -0.25) is 19.7 Å². The summed E-state index contributed by atoms with van der Waals surface area (Å²) in [4.78, 5) is 34.9. The number of ether oxygens (including phenoxy) is 2. The minimum absolute atomic E-state index is 0.0859. The van der Waals surface area contributed by atoms with Crippen LogP contribution >= 0.6 is 0 Å². The maximum Gasteiger partial charge on any atom is 0.316 e. The SMILES string of the molecule is CO[C@]1(Cc2ccc(OCC=C(C)C)cc2)NC(=O)C(=O)NC1=O. The van der Waals surface area contributed by atoms with Crippen molar-refractivity contribution in [1.29, 1.82) is 0 Å². The molecule has 1 aromatic rings. The van der Waals surface area contributed by atoms with Gasteiger partial charge in [0, 0.05) is 13.5 Å². The van der Waals surface area contributed by atoms with E-state index in [1.807, 2.05) is 25.2 Å². The van der Waals surface area contributed by atoms with Gasteiger partial charge in [0.1, 0.15) is 12.4 Å². The van der Waals surface area contributed by atoms with E-state index in [1.54, 1.807) is 24.3 Å². The third kappa shape index (κ3) is 3.99. The number of imide groups is 1. The highest BCUT2D eigenvalue weighted by molar-refractivity contribution is 6.40. The summed E-state index contributed by atoms with van der Waals surface area (Å²) in [6.07, 6.45) is 2.05. The highest BCUT2D eigenvalue weighted by Crippen LogP contribution is 2.20. The summed E-state index contributed by atoms with van der Waals surface area (Å²) < 4.78 is 10.8. The number of allylic oxidation sites excluding steroid dienone is 1. The molecule has 1 saturated heterocycles. The van der Waals surface area contributed by atoms with Crippen molar-refractivity contribution in [3.63, 3.8) is 0 Å². The van der Waals surface area contributed by atoms with Crippen molar-refractivity contribution in [3.05, 3.63) is 41.5 Å². The molecule has 7 heteroatoms. The predicted molar refractivity (Wildman–Crippen MR) is 86.1 cm³/mol. The molecule has 24 heavy (non-hydrogen) atoms. The number of benzene rings is 1. The van der Waals surface area contributed by atoms with Crippen molar-refractivity contribution in [3.8, 4) is 5.75 Å². The maximum absolute atomic E-state index is 12.1. The number of hydrogen-bond acceptors (Lipinski definition) is 5. The van der Waals surface area contributed by atoms with Crippen LogP contribution in [-0.2, 0) is 25.5 Å². The molecule has 0 aliphatic carbocycles. The lowest BCUT2D eigenvalue weighted by molar-refractivity contribution is -0.165. The standard InChI is InChI=1S/C17H20N2O5/c1-11(2)8-9-24-13-6-4-12(5-7-13)10-17(23-3)16(22)18-14(20)15(21)19-17/h4-8H,9-10H2,1-3H3,(H,19,21)(H,18,20,22)/t17-/m0/s1. The number of piperazine rings is 1. The Labute approximate surface area is 140 Å². The van der Waals surface area contributed by atoms with Gasteiger partial charge in [-0.05, 0) is 37.6 Å². The van der Waals surface area contributed by atoms with Crippen LogP contribution in [0.1, 0.15) is 19.4 Å². The molecule has 0 aromatic heterocycles. The van der Waals surface area contributed by atoms with E-state index in [1.165, 1.54) is 12.7 Å². The average molecular weight is 332 g/mol. The smallest absolute Gasteiger partial charge is 0.316 e. The third-order valence-corrected chi connectivity index (χ3v) is 3.58. The van der Waals surface area contributed by atoms with E-state index in [0.29, 0.717) is 12.4 Å². The topological polar surface area (TPSA) is 93.7 Å². The van der Waals surface area contributed by atoms with Crippen LogP contribution in [0.3, 0.4) is 0 Å². The summed E-state index contributed by atoms with van der Waals surface area (Å²) >= 11 is 0. The fraction of sp³-hybridized carbons (Fsp3) is 0.353. The van der Waals surface area contributed by atoms with Crippen molar-refractivity contribution in [2.24, 2.45) is 0 Å². The van der Waals surface area contributed by atoms with Gasteiger partial charge < -0.3 is 14.8 Å². The molecule has 2 rings (SSSR count). The highest BCUT2D eigenvalue weighted by Gasteiger charge is 2.46. The maximum atomic E-state index is 12.1. The van der Waals surface area contributed by atoms with Crippen molar-refractivity contribution < 1.29 is 23.9 Å². The van der Waals surface area contributed by atoms with E-state index in [0.717, 1.165) is 5.56 Å². The predicted octanol–water partition coefficient (Wildman–Crippen LogP) is 0.689. The second-order valence-electron chi connectivity index (χ2n) is 5.68. The van der Waals surface area contributed by atoms with Crippen molar-refractivity contribution in [1.82, 2.24) is 10.6 Å². The molecule has 1 fully saturated rings. The monoisotopic (exact) mass is 332 g/mol. The molecule has 2 N–H and O–H groups in total. The Morgan fingerprint density at radius 1 is 1.12 bits per heavy atom. The quantitative estimate of drug-likeness (QED) is 0.454. The molecule has 128 valence electrons. The normalized spacial score (nSPS) is 20.2. The van der Waals surface area contributed by atoms with Crippen LogP contribution in [0.25, 0.3) is 0 Å². The molecule has 0 radical (unpaired) electrons. The van der Waals surface area contributed by atoms with Gasteiger partial charge in [0.05, 0.1) is 0 Å². The minimum atomic E-state index is -1.60. The zero-order chi connectivity index (χ0) is 17.7. The lowest BCUT2D eigenvalue weighted by atomic mass is 9.99. The highest BCUT2D eigenvalue weighted by atomic mass is 16.5. The van der Waals surface area contributed by atoms with Crippen LogP contribution in [0.2, 0.25) is 0 Å². The average Bonchev–Trinajstić information content (AvgIpc) is 2.54. The van der Waals surface area contributed by atoms with E-state index < -0.39 is 23.4 Å². The van der Waals surface area contributed by atoms with Gasteiger partial charge in [-0.2, -0.15) is 0 Å². The third-order valence-electron chi connectivity index (χ3n) is 3.58. The number of methoxy groups -OCH3 is 1. The summed E-state index contributed by atoms with van der Waals surface area (Å²) in [7, 11) is 1.30. The van der Waals surface area contributed by atoms with Gasteiger partial charge in [0.25, 0.3) is 5.91 Å². The van der Waals surface area contributed by atoms with Crippen LogP contribution in [0.5, 0.6) is 5.75 Å². The molecule has 0 unspecified atom stereocenters. The first-order valence-corrected chi connectivity index (χ1v) is 7.44. The first-order valence-electron chi connectivity index (χ1n) is 7.44. The van der Waals surface area contributed by atoms with Crippen LogP contribution < -0.4 is 15.4 Å². The van der Waals surface area contributed by atoms with E-state index in [4.69, 9.17) is 9.47 Å². The van der Waals surface area contributed by atoms with Crippen LogP contribution in [0.4, 0.5) is 0 Å². The summed E-state index contributed by atoms with van der Waals surface area (Å²) in [6.45, 7) is 4.46. The van der Waals surface area contributed by atoms with Gasteiger partial charge >= 0.3 is 11.8 Å². The zero-order valence-corrected chi connectivity index (χ0v) is 13.8. The van der Waals surface area contributed by atoms with Crippen LogP contribution in [0.15, 0.2) is 35.9 Å². The fourth-order valence-electron chi connectivity index (χ4n) is 2.19. The molecule has 1 heterocycles. The van der Waals surface area contributed by atoms with Crippen LogP contribution in [0, 0.1) is 0 Å². The molecule has 1 aliphatic heterocycles. The molecule has 7 nitrogen and oxygen atoms in total. The molecule has 0 bridgehead atoms. The summed E-state index contributed by atoms with van der Waals surface area (Å²) in [5, 5.41) is 4.32. The lowest BCUT2D eigenvalue weighted by Crippen LogP contribution is -2.69. The second kappa shape index (κ2) is 7.27. The van der Waals surface area contributed by atoms with Gasteiger partial charge in [-0.1, -0.05) is 17.7 Å². The van der Waals surface area contributed by atoms with Crippen molar-refractivity contribution in [2.45, 2.75) is 26.0 Å². The summed E-state index contributed by atoms with van der Waals surface area (Å²) in [5.74, 6) is -1.90. The second-order valence-corrected chi connectivity index (χ2v) is 5.68. The summed E-state index contributed by atoms with van der Waals surface area (Å²) in [6, 6.07) is 7.08. The molecule has 1 aliphatic rings. The number of rotatable bonds is 6. The molecular weight excluding hydrogens is 312 g/mol. The Bertz CT molecular complexity index is 677. The fourth-order valence-corrected chi connectivity index (χ4v) is 2.19. The lowest BCUT2D eigenvalue weighted by Gasteiger charge is -2.34. The number of amides is 3. The van der Waals surface area contributed by atoms with E-state index in [-0.39, 0.29) is 6.42 Å². The largest absolute Gasteiger partial charge is 0.490 e. The first-order chi connectivity index (χ1) is 11.4. The number of carbonyl (C=O) groups is 3. The van der Waals surface area contributed by atoms with Gasteiger partial charge in [-0.25, -0.2) is 0 Å². The minimum Gasteiger partial charge on any atom is -0.490 e. The van der Waals surface area contributed by atoms with Gasteiger partial charge in [-0.15, -0.1) is 0 Å². The van der Waals surface area contributed by atoms with E-state index in [2.05, 4.69) is 5.32 Å². The van der Waals surface area contributed by atoms with E-state index in [9.17, 15) is 14.4 Å². The van der Waals surface area contributed by atoms with Crippen molar-refractivity contribution >= 4 is 17.7 Å². The number of hydrogen-bond donors (Lipinski definition) is 2. The first kappa shape index (κ1) is 17.7. The molecule has 1 aromatic carbocycles. The Balaban J connectivity index is 2.08. The van der Waals surface area contributed by atoms with Crippen molar-refractivity contribution in [2.75, 3.05) is 13.7 Å². The molecule has 3 amide bonds. The molecule has 0 spiro atoms. The van der Waals surface area contributed by atoms with E-state index >= 15 is 0 Å². The Morgan fingerprint density at radius 2 is 1.79 bits per heavy atom. The summed E-state index contributed by atoms with van der Waals surface area (Å²) in [5.41, 5.74) is 0.313. The number of carbonyl (C=O) groups excluding carboxylic acids is 3. The Hall–Kier alpha value is -2.67. The Kier molecular flexibility index (Phi) is 5.35. The molecular formula is C17H20N2O5.